The normalized spacial score (nSPS) is 11.8. The summed E-state index contributed by atoms with van der Waals surface area (Å²) < 4.78 is 16.0. The molecule has 0 bridgehead atoms. The topological polar surface area (TPSA) is 119 Å². The minimum Gasteiger partial charge on any atom is -0.481 e. The van der Waals surface area contributed by atoms with E-state index in [-0.39, 0.29) is 12.8 Å². The summed E-state index contributed by atoms with van der Waals surface area (Å²) in [5, 5.41) is 5.89. The summed E-state index contributed by atoms with van der Waals surface area (Å²) in [6.07, 6.45) is 0.985. The summed E-state index contributed by atoms with van der Waals surface area (Å²) >= 11 is 0. The lowest BCUT2D eigenvalue weighted by Crippen LogP contribution is -2.47. The van der Waals surface area contributed by atoms with Gasteiger partial charge in [-0.1, -0.05) is 35.5 Å². The SMILES string of the molecule is CC(Oc1ccc2ccccc2c1)C(=O)NNC(=O)CCc1nc(-c2ccco2)no1. The van der Waals surface area contributed by atoms with Gasteiger partial charge < -0.3 is 13.7 Å². The van der Waals surface area contributed by atoms with Gasteiger partial charge in [0.25, 0.3) is 5.91 Å². The molecule has 0 aliphatic carbocycles. The van der Waals surface area contributed by atoms with Crippen molar-refractivity contribution in [2.75, 3.05) is 0 Å². The molecule has 2 amide bonds. The van der Waals surface area contributed by atoms with Gasteiger partial charge >= 0.3 is 0 Å². The van der Waals surface area contributed by atoms with E-state index in [1.165, 1.54) is 6.26 Å². The maximum absolute atomic E-state index is 12.2. The predicted molar refractivity (Wildman–Crippen MR) is 111 cm³/mol. The molecule has 4 aromatic rings. The van der Waals surface area contributed by atoms with E-state index in [1.54, 1.807) is 25.1 Å². The highest BCUT2D eigenvalue weighted by atomic mass is 16.5. The van der Waals surface area contributed by atoms with Gasteiger partial charge in [-0.15, -0.1) is 0 Å². The molecule has 9 heteroatoms. The number of amides is 2. The zero-order valence-corrected chi connectivity index (χ0v) is 16.7. The zero-order valence-electron chi connectivity index (χ0n) is 16.7. The lowest BCUT2D eigenvalue weighted by Gasteiger charge is -2.15. The number of nitrogens with one attached hydrogen (secondary N) is 2. The molecule has 0 aliphatic heterocycles. The monoisotopic (exact) mass is 420 g/mol. The lowest BCUT2D eigenvalue weighted by atomic mass is 10.1. The number of aromatic nitrogens is 2. The fraction of sp³-hybridized carbons (Fsp3) is 0.182. The van der Waals surface area contributed by atoms with Crippen molar-refractivity contribution in [3.05, 3.63) is 66.8 Å². The Morgan fingerprint density at radius 3 is 2.71 bits per heavy atom. The van der Waals surface area contributed by atoms with Crippen LogP contribution in [0.15, 0.2) is 69.8 Å². The van der Waals surface area contributed by atoms with Crippen LogP contribution in [0.5, 0.6) is 5.75 Å². The summed E-state index contributed by atoms with van der Waals surface area (Å²) in [5.41, 5.74) is 4.71. The molecule has 0 aliphatic rings. The standard InChI is InChI=1S/C22H20N4O5/c1-14(30-17-9-8-15-5-2-3-6-16(15)13-17)22(28)25-24-19(27)10-11-20-23-21(26-31-20)18-7-4-12-29-18/h2-9,12-14H,10-11H2,1H3,(H,24,27)(H,25,28). The second-order valence-electron chi connectivity index (χ2n) is 6.80. The van der Waals surface area contributed by atoms with Gasteiger partial charge in [-0.25, -0.2) is 0 Å². The van der Waals surface area contributed by atoms with Crippen LogP contribution in [0.2, 0.25) is 0 Å². The highest BCUT2D eigenvalue weighted by molar-refractivity contribution is 5.85. The number of hydrazine groups is 1. The lowest BCUT2D eigenvalue weighted by molar-refractivity contribution is -0.132. The molecule has 0 saturated carbocycles. The van der Waals surface area contributed by atoms with Crippen molar-refractivity contribution in [3.8, 4) is 17.3 Å². The zero-order chi connectivity index (χ0) is 21.6. The van der Waals surface area contributed by atoms with Crippen molar-refractivity contribution in [1.29, 1.82) is 0 Å². The maximum atomic E-state index is 12.2. The number of hydrogen-bond acceptors (Lipinski definition) is 7. The molecule has 2 N–H and O–H groups in total. The molecular formula is C22H20N4O5. The number of aryl methyl sites for hydroxylation is 1. The summed E-state index contributed by atoms with van der Waals surface area (Å²) in [6.45, 7) is 1.60. The van der Waals surface area contributed by atoms with Crippen molar-refractivity contribution in [2.24, 2.45) is 0 Å². The number of fused-ring (bicyclic) bond motifs is 1. The van der Waals surface area contributed by atoms with Crippen LogP contribution in [0, 0.1) is 0 Å². The van der Waals surface area contributed by atoms with Crippen LogP contribution in [0.4, 0.5) is 0 Å². The Bertz CT molecular complexity index is 1190. The van der Waals surface area contributed by atoms with E-state index in [0.717, 1.165) is 10.8 Å². The molecule has 9 nitrogen and oxygen atoms in total. The molecule has 0 radical (unpaired) electrons. The molecule has 1 unspecified atom stereocenters. The van der Waals surface area contributed by atoms with E-state index in [9.17, 15) is 9.59 Å². The molecule has 1 atom stereocenters. The van der Waals surface area contributed by atoms with Crippen LogP contribution in [-0.4, -0.2) is 28.1 Å². The van der Waals surface area contributed by atoms with E-state index >= 15 is 0 Å². The molecular weight excluding hydrogens is 400 g/mol. The second kappa shape index (κ2) is 9.12. The molecule has 0 saturated heterocycles. The van der Waals surface area contributed by atoms with Crippen molar-refractivity contribution >= 4 is 22.6 Å². The van der Waals surface area contributed by atoms with E-state index in [1.807, 2.05) is 36.4 Å². The molecule has 2 heterocycles. The van der Waals surface area contributed by atoms with Crippen LogP contribution in [0.25, 0.3) is 22.4 Å². The molecule has 158 valence electrons. The fourth-order valence-corrected chi connectivity index (χ4v) is 2.88. The highest BCUT2D eigenvalue weighted by Gasteiger charge is 2.16. The van der Waals surface area contributed by atoms with Gasteiger partial charge in [0.05, 0.1) is 6.26 Å². The van der Waals surface area contributed by atoms with Crippen LogP contribution < -0.4 is 15.6 Å². The number of ether oxygens (including phenoxy) is 1. The number of hydrogen-bond donors (Lipinski definition) is 2. The highest BCUT2D eigenvalue weighted by Crippen LogP contribution is 2.21. The Kier molecular flexibility index (Phi) is 5.93. The van der Waals surface area contributed by atoms with Crippen LogP contribution in [0.3, 0.4) is 0 Å². The number of nitrogens with zero attached hydrogens (tertiary/aromatic N) is 2. The number of benzene rings is 2. The average Bonchev–Trinajstić information content (AvgIpc) is 3.47. The third-order valence-electron chi connectivity index (χ3n) is 4.50. The third kappa shape index (κ3) is 5.08. The summed E-state index contributed by atoms with van der Waals surface area (Å²) in [5.74, 6) is 0.779. The van der Waals surface area contributed by atoms with Gasteiger partial charge in [0.15, 0.2) is 11.9 Å². The largest absolute Gasteiger partial charge is 0.481 e. The van der Waals surface area contributed by atoms with Crippen molar-refractivity contribution < 1.29 is 23.3 Å². The molecule has 2 aromatic heterocycles. The van der Waals surface area contributed by atoms with E-state index in [4.69, 9.17) is 13.7 Å². The van der Waals surface area contributed by atoms with Crippen LogP contribution in [0.1, 0.15) is 19.2 Å². The Labute approximate surface area is 177 Å². The van der Waals surface area contributed by atoms with Gasteiger partial charge in [0.1, 0.15) is 5.75 Å². The predicted octanol–water partition coefficient (Wildman–Crippen LogP) is 3.03. The Morgan fingerprint density at radius 2 is 1.90 bits per heavy atom. The summed E-state index contributed by atoms with van der Waals surface area (Å²) in [7, 11) is 0. The molecule has 0 fully saturated rings. The quantitative estimate of drug-likeness (QED) is 0.441. The van der Waals surface area contributed by atoms with Crippen molar-refractivity contribution in [3.63, 3.8) is 0 Å². The third-order valence-corrected chi connectivity index (χ3v) is 4.50. The number of furan rings is 1. The van der Waals surface area contributed by atoms with E-state index in [0.29, 0.717) is 23.2 Å². The first-order valence-corrected chi connectivity index (χ1v) is 9.69. The minimum absolute atomic E-state index is 0.0555. The summed E-state index contributed by atoms with van der Waals surface area (Å²) in [4.78, 5) is 28.4. The summed E-state index contributed by atoms with van der Waals surface area (Å²) in [6, 6.07) is 16.9. The Morgan fingerprint density at radius 1 is 1.06 bits per heavy atom. The smallest absolute Gasteiger partial charge is 0.279 e. The average molecular weight is 420 g/mol. The number of carbonyl (C=O) groups is 2. The van der Waals surface area contributed by atoms with Gasteiger partial charge in [-0.05, 0) is 42.0 Å². The van der Waals surface area contributed by atoms with Crippen LogP contribution >= 0.6 is 0 Å². The molecule has 2 aromatic carbocycles. The van der Waals surface area contributed by atoms with Crippen molar-refractivity contribution in [2.45, 2.75) is 25.9 Å². The first kappa shape index (κ1) is 20.1. The Balaban J connectivity index is 1.22. The molecule has 31 heavy (non-hydrogen) atoms. The van der Waals surface area contributed by atoms with E-state index < -0.39 is 17.9 Å². The number of rotatable bonds is 7. The Hall–Kier alpha value is -4.14. The van der Waals surface area contributed by atoms with Gasteiger partial charge in [-0.3, -0.25) is 20.4 Å². The first-order chi connectivity index (χ1) is 15.1. The van der Waals surface area contributed by atoms with Gasteiger partial charge in [0, 0.05) is 12.8 Å². The van der Waals surface area contributed by atoms with E-state index in [2.05, 4.69) is 21.0 Å². The number of carbonyl (C=O) groups excluding carboxylic acids is 2. The molecule has 4 rings (SSSR count). The second-order valence-corrected chi connectivity index (χ2v) is 6.80. The van der Waals surface area contributed by atoms with Crippen molar-refractivity contribution in [1.82, 2.24) is 21.0 Å². The van der Waals surface area contributed by atoms with Gasteiger partial charge in [-0.2, -0.15) is 4.98 Å². The fourth-order valence-electron chi connectivity index (χ4n) is 2.88. The first-order valence-electron chi connectivity index (χ1n) is 9.69. The van der Waals surface area contributed by atoms with Gasteiger partial charge in [0.2, 0.25) is 17.6 Å². The molecule has 0 spiro atoms. The maximum Gasteiger partial charge on any atom is 0.279 e. The minimum atomic E-state index is -0.798. The van der Waals surface area contributed by atoms with Crippen LogP contribution in [-0.2, 0) is 16.0 Å².